The van der Waals surface area contributed by atoms with Gasteiger partial charge in [-0.15, -0.1) is 0 Å². The Morgan fingerprint density at radius 3 is 1.87 bits per heavy atom. The van der Waals surface area contributed by atoms with E-state index in [1.165, 1.54) is 0 Å². The molecule has 1 fully saturated rings. The molecule has 1 aliphatic rings. The van der Waals surface area contributed by atoms with E-state index in [2.05, 4.69) is 0 Å². The summed E-state index contributed by atoms with van der Waals surface area (Å²) in [6, 6.07) is 8.38. The number of hydrogen-bond acceptors (Lipinski definition) is 6. The molecule has 0 unspecified atom stereocenters. The van der Waals surface area contributed by atoms with Crippen LogP contribution in [0.25, 0.3) is 0 Å². The fourth-order valence-corrected chi connectivity index (χ4v) is 3.45. The van der Waals surface area contributed by atoms with Crippen LogP contribution in [0.4, 0.5) is 0 Å². The summed E-state index contributed by atoms with van der Waals surface area (Å²) in [6.45, 7) is -1.56. The van der Waals surface area contributed by atoms with Gasteiger partial charge < -0.3 is 25.2 Å². The molecule has 23 heavy (non-hydrogen) atoms. The molecule has 0 heterocycles. The first-order chi connectivity index (χ1) is 11.1. The summed E-state index contributed by atoms with van der Waals surface area (Å²) in [5.74, 6) is -0.602. The predicted octanol–water partition coefficient (Wildman–Crippen LogP) is 0.338. The lowest BCUT2D eigenvalue weighted by Gasteiger charge is -2.51. The lowest BCUT2D eigenvalue weighted by molar-refractivity contribution is -0.175. The summed E-state index contributed by atoms with van der Waals surface area (Å²) in [5.41, 5.74) is -1.81. The number of hydrogen-bond donors (Lipinski definition) is 4. The number of aliphatic hydroxyl groups is 4. The van der Waals surface area contributed by atoms with Crippen LogP contribution in [-0.4, -0.2) is 58.9 Å². The number of carbonyl (C=O) groups is 1. The van der Waals surface area contributed by atoms with Gasteiger partial charge in [-0.25, -0.2) is 4.79 Å². The lowest BCUT2D eigenvalue weighted by atomic mass is 9.60. The third-order valence-corrected chi connectivity index (χ3v) is 4.96. The molecule has 0 aliphatic heterocycles. The van der Waals surface area contributed by atoms with E-state index in [9.17, 15) is 25.2 Å². The molecule has 0 saturated heterocycles. The maximum atomic E-state index is 12.4. The molecule has 1 aliphatic carbocycles. The van der Waals surface area contributed by atoms with Crippen molar-refractivity contribution in [3.8, 4) is 0 Å². The SMILES string of the molecule is O=C(OC1C(CO)(CO)CCCC1(CO)CO)c1ccccc1. The van der Waals surface area contributed by atoms with E-state index >= 15 is 0 Å². The van der Waals surface area contributed by atoms with Gasteiger partial charge in [0, 0.05) is 0 Å². The van der Waals surface area contributed by atoms with Crippen molar-refractivity contribution in [1.82, 2.24) is 0 Å². The zero-order chi connectivity index (χ0) is 16.9. The molecule has 6 nitrogen and oxygen atoms in total. The van der Waals surface area contributed by atoms with Gasteiger partial charge >= 0.3 is 5.97 Å². The molecule has 1 aromatic carbocycles. The van der Waals surface area contributed by atoms with Crippen LogP contribution in [0.3, 0.4) is 0 Å². The van der Waals surface area contributed by atoms with E-state index < -0.39 is 49.3 Å². The van der Waals surface area contributed by atoms with Crippen LogP contribution in [0.2, 0.25) is 0 Å². The van der Waals surface area contributed by atoms with Crippen LogP contribution >= 0.6 is 0 Å². The van der Waals surface area contributed by atoms with Crippen molar-refractivity contribution >= 4 is 5.97 Å². The highest BCUT2D eigenvalue weighted by molar-refractivity contribution is 5.89. The van der Waals surface area contributed by atoms with Crippen LogP contribution in [0, 0.1) is 10.8 Å². The molecule has 6 heteroatoms. The maximum absolute atomic E-state index is 12.4. The van der Waals surface area contributed by atoms with Crippen molar-refractivity contribution in [3.63, 3.8) is 0 Å². The third-order valence-electron chi connectivity index (χ3n) is 4.96. The zero-order valence-corrected chi connectivity index (χ0v) is 13.0. The molecular weight excluding hydrogens is 300 g/mol. The number of benzene rings is 1. The largest absolute Gasteiger partial charge is 0.457 e. The zero-order valence-electron chi connectivity index (χ0n) is 13.0. The van der Waals surface area contributed by atoms with E-state index in [0.717, 1.165) is 0 Å². The Morgan fingerprint density at radius 2 is 1.43 bits per heavy atom. The summed E-state index contributed by atoms with van der Waals surface area (Å²) in [6.07, 6.45) is 0.548. The summed E-state index contributed by atoms with van der Waals surface area (Å²) >= 11 is 0. The number of esters is 1. The van der Waals surface area contributed by atoms with Gasteiger partial charge in [0.2, 0.25) is 0 Å². The molecule has 128 valence electrons. The first kappa shape index (κ1) is 17.9. The summed E-state index contributed by atoms with van der Waals surface area (Å²) in [7, 11) is 0. The van der Waals surface area contributed by atoms with Crippen molar-refractivity contribution in [2.24, 2.45) is 10.8 Å². The van der Waals surface area contributed by atoms with Gasteiger partial charge in [0.1, 0.15) is 6.10 Å². The minimum absolute atomic E-state index is 0.340. The molecule has 0 amide bonds. The van der Waals surface area contributed by atoms with Crippen LogP contribution in [0.5, 0.6) is 0 Å². The molecule has 1 aromatic rings. The third kappa shape index (κ3) is 3.26. The van der Waals surface area contributed by atoms with Crippen LogP contribution in [0.1, 0.15) is 29.6 Å². The molecule has 0 spiro atoms. The number of rotatable bonds is 6. The van der Waals surface area contributed by atoms with Crippen LogP contribution < -0.4 is 0 Å². The minimum Gasteiger partial charge on any atom is -0.457 e. The van der Waals surface area contributed by atoms with Gasteiger partial charge in [0.15, 0.2) is 0 Å². The molecule has 2 rings (SSSR count). The van der Waals surface area contributed by atoms with Crippen LogP contribution in [0.15, 0.2) is 30.3 Å². The van der Waals surface area contributed by atoms with Crippen LogP contribution in [-0.2, 0) is 4.74 Å². The maximum Gasteiger partial charge on any atom is 0.338 e. The highest BCUT2D eigenvalue weighted by atomic mass is 16.5. The normalized spacial score (nSPS) is 20.2. The number of aliphatic hydroxyl groups excluding tert-OH is 4. The average Bonchev–Trinajstić information content (AvgIpc) is 2.63. The Morgan fingerprint density at radius 1 is 0.957 bits per heavy atom. The van der Waals surface area contributed by atoms with Gasteiger partial charge in [-0.2, -0.15) is 0 Å². The van der Waals surface area contributed by atoms with Gasteiger partial charge in [0.05, 0.1) is 42.8 Å². The quantitative estimate of drug-likeness (QED) is 0.562. The highest BCUT2D eigenvalue weighted by Crippen LogP contribution is 2.48. The molecule has 0 radical (unpaired) electrons. The first-order valence-corrected chi connectivity index (χ1v) is 7.77. The van der Waals surface area contributed by atoms with E-state index in [0.29, 0.717) is 24.8 Å². The Balaban J connectivity index is 2.35. The number of carbonyl (C=O) groups excluding carboxylic acids is 1. The second-order valence-electron chi connectivity index (χ2n) is 6.36. The monoisotopic (exact) mass is 324 g/mol. The van der Waals surface area contributed by atoms with Crippen molar-refractivity contribution in [2.45, 2.75) is 25.4 Å². The number of ether oxygens (including phenoxy) is 1. The Kier molecular flexibility index (Phi) is 5.75. The minimum atomic E-state index is -1.08. The van der Waals surface area contributed by atoms with E-state index in [4.69, 9.17) is 4.74 Å². The summed E-state index contributed by atoms with van der Waals surface area (Å²) < 4.78 is 5.59. The van der Waals surface area contributed by atoms with E-state index in [-0.39, 0.29) is 0 Å². The lowest BCUT2D eigenvalue weighted by Crippen LogP contribution is -2.59. The Labute approximate surface area is 135 Å². The smallest absolute Gasteiger partial charge is 0.338 e. The van der Waals surface area contributed by atoms with Gasteiger partial charge in [-0.1, -0.05) is 24.6 Å². The predicted molar refractivity (Wildman–Crippen MR) is 82.7 cm³/mol. The van der Waals surface area contributed by atoms with Gasteiger partial charge in [-0.05, 0) is 25.0 Å². The van der Waals surface area contributed by atoms with Crippen molar-refractivity contribution in [2.75, 3.05) is 26.4 Å². The fraction of sp³-hybridized carbons (Fsp3) is 0.588. The molecule has 1 saturated carbocycles. The summed E-state index contributed by atoms with van der Waals surface area (Å²) in [4.78, 5) is 12.4. The fourth-order valence-electron chi connectivity index (χ4n) is 3.45. The second kappa shape index (κ2) is 7.40. The molecule has 0 aromatic heterocycles. The molecular formula is C17H24O6. The van der Waals surface area contributed by atoms with E-state index in [1.807, 2.05) is 0 Å². The van der Waals surface area contributed by atoms with Crippen molar-refractivity contribution < 1.29 is 30.0 Å². The second-order valence-corrected chi connectivity index (χ2v) is 6.36. The highest BCUT2D eigenvalue weighted by Gasteiger charge is 2.55. The Hall–Kier alpha value is -1.47. The van der Waals surface area contributed by atoms with E-state index in [1.54, 1.807) is 30.3 Å². The molecule has 0 bridgehead atoms. The standard InChI is InChI=1S/C17H24O6/c18-9-16(10-19)7-4-8-17(11-20,12-21)15(16)23-14(22)13-5-2-1-3-6-13/h1-3,5-6,15,18-21H,4,7-12H2. The molecule has 4 N–H and O–H groups in total. The topological polar surface area (TPSA) is 107 Å². The van der Waals surface area contributed by atoms with Crippen molar-refractivity contribution in [3.05, 3.63) is 35.9 Å². The Bertz CT molecular complexity index is 487. The summed E-state index contributed by atoms with van der Waals surface area (Å²) in [5, 5.41) is 39.2. The van der Waals surface area contributed by atoms with Gasteiger partial charge in [-0.3, -0.25) is 0 Å². The van der Waals surface area contributed by atoms with Crippen molar-refractivity contribution in [1.29, 1.82) is 0 Å². The van der Waals surface area contributed by atoms with Gasteiger partial charge in [0.25, 0.3) is 0 Å². The first-order valence-electron chi connectivity index (χ1n) is 7.77. The average molecular weight is 324 g/mol. The molecule has 0 atom stereocenters.